The van der Waals surface area contributed by atoms with Crippen LogP contribution in [0.3, 0.4) is 0 Å². The van der Waals surface area contributed by atoms with Crippen molar-refractivity contribution in [1.82, 2.24) is 10.9 Å². The summed E-state index contributed by atoms with van der Waals surface area (Å²) in [4.78, 5) is 22.4. The van der Waals surface area contributed by atoms with Gasteiger partial charge in [0.2, 0.25) is 10.0 Å². The van der Waals surface area contributed by atoms with E-state index in [1.807, 2.05) is 0 Å². The zero-order chi connectivity index (χ0) is 20.2. The van der Waals surface area contributed by atoms with Gasteiger partial charge in [-0.25, -0.2) is 13.6 Å². The predicted octanol–water partition coefficient (Wildman–Crippen LogP) is 1.18. The second kappa shape index (κ2) is 8.07. The van der Waals surface area contributed by atoms with E-state index in [0.29, 0.717) is 11.3 Å². The molecule has 27 heavy (non-hydrogen) atoms. The number of carbonyl (C=O) groups is 1. The lowest BCUT2D eigenvalue weighted by Gasteiger charge is -2.12. The minimum absolute atomic E-state index is 0.0216. The molecule has 2 aromatic rings. The third kappa shape index (κ3) is 5.44. The lowest BCUT2D eigenvalue weighted by Crippen LogP contribution is -2.43. The maximum atomic E-state index is 12.1. The maximum Gasteiger partial charge on any atom is 0.273 e. The molecule has 0 heterocycles. The number of rotatable bonds is 4. The molecular weight excluding hydrogens is 394 g/mol. The number of primary sulfonamides is 1. The summed E-state index contributed by atoms with van der Waals surface area (Å²) in [6, 6.07) is 9.56. The van der Waals surface area contributed by atoms with Gasteiger partial charge in [-0.15, -0.1) is 0 Å². The third-order valence-corrected chi connectivity index (χ3v) is 4.53. The molecule has 5 N–H and O–H groups in total. The quantitative estimate of drug-likeness (QED) is 0.333. The Bertz CT molecular complexity index is 1010. The summed E-state index contributed by atoms with van der Waals surface area (Å²) in [5.74, 6) is -0.619. The molecule has 0 aromatic heterocycles. The number of benzene rings is 2. The fourth-order valence-corrected chi connectivity index (χ4v) is 2.71. The number of hydrogen-bond donors (Lipinski definition) is 4. The summed E-state index contributed by atoms with van der Waals surface area (Å²) in [7, 11) is -3.79. The van der Waals surface area contributed by atoms with Crippen molar-refractivity contribution in [3.05, 3.63) is 63.7 Å². The van der Waals surface area contributed by atoms with Crippen molar-refractivity contribution in [2.45, 2.75) is 11.8 Å². The van der Waals surface area contributed by atoms with E-state index in [0.717, 1.165) is 6.07 Å². The summed E-state index contributed by atoms with van der Waals surface area (Å²) < 4.78 is 22.4. The van der Waals surface area contributed by atoms with Crippen LogP contribution < -0.4 is 21.3 Å². The predicted molar refractivity (Wildman–Crippen MR) is 102 cm³/mol. The van der Waals surface area contributed by atoms with Gasteiger partial charge in [0.1, 0.15) is 0 Å². The first-order valence-electron chi connectivity index (χ1n) is 7.33. The van der Waals surface area contributed by atoms with Crippen LogP contribution in [0.25, 0.3) is 0 Å². The third-order valence-electron chi connectivity index (χ3n) is 3.40. The molecule has 1 amide bonds. The number of hydrogen-bond acceptors (Lipinski definition) is 6. The Balaban J connectivity index is 1.96. The molecule has 0 aliphatic rings. The van der Waals surface area contributed by atoms with Gasteiger partial charge in [0.15, 0.2) is 5.11 Å². The minimum Gasteiger partial charge on any atom is -0.331 e. The molecule has 0 aliphatic heterocycles. The van der Waals surface area contributed by atoms with Crippen LogP contribution in [0, 0.1) is 17.0 Å². The van der Waals surface area contributed by atoms with Gasteiger partial charge in [0.05, 0.1) is 9.82 Å². The smallest absolute Gasteiger partial charge is 0.273 e. The largest absolute Gasteiger partial charge is 0.331 e. The standard InChI is InChI=1S/C15H15N5O5S2/c1-9-2-3-10(8-13(9)20(22)23)14(21)18-19-15(26)17-11-4-6-12(7-5-11)27(16,24)25/h2-8H,1H3,(H,18,21)(H2,16,24,25)(H2,17,19,26). The molecule has 0 saturated carbocycles. The van der Waals surface area contributed by atoms with Gasteiger partial charge in [0, 0.05) is 22.9 Å². The van der Waals surface area contributed by atoms with E-state index >= 15 is 0 Å². The number of aryl methyl sites for hydroxylation is 1. The van der Waals surface area contributed by atoms with Crippen molar-refractivity contribution in [1.29, 1.82) is 0 Å². The molecule has 0 fully saturated rings. The second-order valence-corrected chi connectivity index (χ2v) is 7.33. The summed E-state index contributed by atoms with van der Waals surface area (Å²) in [5.41, 5.74) is 5.56. The van der Waals surface area contributed by atoms with E-state index in [4.69, 9.17) is 17.4 Å². The highest BCUT2D eigenvalue weighted by Gasteiger charge is 2.15. The average Bonchev–Trinajstić information content (AvgIpc) is 2.59. The van der Waals surface area contributed by atoms with Crippen molar-refractivity contribution in [3.8, 4) is 0 Å². The van der Waals surface area contributed by atoms with E-state index < -0.39 is 20.9 Å². The molecule has 142 valence electrons. The van der Waals surface area contributed by atoms with E-state index in [1.54, 1.807) is 6.92 Å². The Labute approximate surface area is 159 Å². The van der Waals surface area contributed by atoms with Crippen molar-refractivity contribution in [2.24, 2.45) is 5.14 Å². The van der Waals surface area contributed by atoms with Gasteiger partial charge in [-0.1, -0.05) is 6.07 Å². The number of anilines is 1. The highest BCUT2D eigenvalue weighted by Crippen LogP contribution is 2.19. The lowest BCUT2D eigenvalue weighted by molar-refractivity contribution is -0.385. The zero-order valence-electron chi connectivity index (χ0n) is 13.9. The highest BCUT2D eigenvalue weighted by molar-refractivity contribution is 7.89. The molecular formula is C15H15N5O5S2. The molecule has 0 saturated heterocycles. The maximum absolute atomic E-state index is 12.1. The van der Waals surface area contributed by atoms with Gasteiger partial charge in [-0.3, -0.25) is 25.8 Å². The number of nitrogens with two attached hydrogens (primary N) is 1. The number of amides is 1. The summed E-state index contributed by atoms with van der Waals surface area (Å²) in [6.45, 7) is 1.57. The van der Waals surface area contributed by atoms with E-state index in [-0.39, 0.29) is 21.3 Å². The Hall–Kier alpha value is -3.09. The normalized spacial score (nSPS) is 10.7. The first kappa shape index (κ1) is 20.2. The van der Waals surface area contributed by atoms with Crippen LogP contribution in [-0.4, -0.2) is 24.4 Å². The number of nitro benzene ring substituents is 1. The number of sulfonamides is 1. The second-order valence-electron chi connectivity index (χ2n) is 5.36. The van der Waals surface area contributed by atoms with Crippen LogP contribution in [0.1, 0.15) is 15.9 Å². The van der Waals surface area contributed by atoms with Gasteiger partial charge < -0.3 is 5.32 Å². The summed E-state index contributed by atoms with van der Waals surface area (Å²) in [6.07, 6.45) is 0. The number of thiocarbonyl (C=S) groups is 1. The molecule has 2 rings (SSSR count). The monoisotopic (exact) mass is 409 g/mol. The molecule has 0 atom stereocenters. The number of carbonyl (C=O) groups excluding carboxylic acids is 1. The van der Waals surface area contributed by atoms with Crippen molar-refractivity contribution in [2.75, 3.05) is 5.32 Å². The van der Waals surface area contributed by atoms with Crippen molar-refractivity contribution < 1.29 is 18.1 Å². The molecule has 10 nitrogen and oxygen atoms in total. The first-order chi connectivity index (χ1) is 12.6. The fourth-order valence-electron chi connectivity index (χ4n) is 2.02. The molecule has 0 bridgehead atoms. The van der Waals surface area contributed by atoms with Crippen LogP contribution in [-0.2, 0) is 10.0 Å². The topological polar surface area (TPSA) is 156 Å². The fraction of sp³-hybridized carbons (Fsp3) is 0.0667. The average molecular weight is 409 g/mol. The Morgan fingerprint density at radius 2 is 1.78 bits per heavy atom. The minimum atomic E-state index is -3.79. The number of nitro groups is 1. The van der Waals surface area contributed by atoms with E-state index in [1.165, 1.54) is 36.4 Å². The van der Waals surface area contributed by atoms with E-state index in [9.17, 15) is 23.3 Å². The molecule has 0 unspecified atom stereocenters. The van der Waals surface area contributed by atoms with Crippen LogP contribution >= 0.6 is 12.2 Å². The molecule has 0 spiro atoms. The summed E-state index contributed by atoms with van der Waals surface area (Å²) >= 11 is 5.01. The van der Waals surface area contributed by atoms with Crippen LogP contribution in [0.5, 0.6) is 0 Å². The molecule has 2 aromatic carbocycles. The SMILES string of the molecule is Cc1ccc(C(=O)NNC(=S)Nc2ccc(S(N)(=O)=O)cc2)cc1[N+](=O)[O-]. The van der Waals surface area contributed by atoms with Gasteiger partial charge in [0.25, 0.3) is 11.6 Å². The van der Waals surface area contributed by atoms with Gasteiger partial charge in [-0.05, 0) is 49.5 Å². The Morgan fingerprint density at radius 1 is 1.15 bits per heavy atom. The Morgan fingerprint density at radius 3 is 2.33 bits per heavy atom. The van der Waals surface area contributed by atoms with E-state index in [2.05, 4.69) is 16.2 Å². The first-order valence-corrected chi connectivity index (χ1v) is 9.28. The number of nitrogens with zero attached hydrogens (tertiary/aromatic N) is 1. The van der Waals surface area contributed by atoms with Crippen LogP contribution in [0.4, 0.5) is 11.4 Å². The zero-order valence-corrected chi connectivity index (χ0v) is 15.6. The highest BCUT2D eigenvalue weighted by atomic mass is 32.2. The van der Waals surface area contributed by atoms with Crippen molar-refractivity contribution in [3.63, 3.8) is 0 Å². The van der Waals surface area contributed by atoms with Gasteiger partial charge >= 0.3 is 0 Å². The van der Waals surface area contributed by atoms with Gasteiger partial charge in [-0.2, -0.15) is 0 Å². The molecule has 0 aliphatic carbocycles. The molecule has 12 heteroatoms. The van der Waals surface area contributed by atoms with Crippen LogP contribution in [0.2, 0.25) is 0 Å². The Kier molecular flexibility index (Phi) is 6.05. The van der Waals surface area contributed by atoms with Crippen molar-refractivity contribution >= 4 is 44.6 Å². The summed E-state index contributed by atoms with van der Waals surface area (Å²) in [5, 5.41) is 18.7. The number of nitrogens with one attached hydrogen (secondary N) is 3. The number of hydrazine groups is 1. The molecule has 0 radical (unpaired) electrons. The lowest BCUT2D eigenvalue weighted by atomic mass is 10.1. The van der Waals surface area contributed by atoms with Crippen LogP contribution in [0.15, 0.2) is 47.4 Å².